The first kappa shape index (κ1) is 19.8. The van der Waals surface area contributed by atoms with Crippen molar-refractivity contribution in [3.8, 4) is 5.69 Å². The van der Waals surface area contributed by atoms with Gasteiger partial charge < -0.3 is 0 Å². The maximum Gasteiger partial charge on any atom is 0.301 e. The van der Waals surface area contributed by atoms with E-state index in [0.717, 1.165) is 12.1 Å². The summed E-state index contributed by atoms with van der Waals surface area (Å²) in [6.07, 6.45) is 1.21. The molecule has 29 heavy (non-hydrogen) atoms. The number of non-ortho nitro benzene ring substituents is 1. The highest BCUT2D eigenvalue weighted by molar-refractivity contribution is 6.30. The number of anilines is 1. The minimum atomic E-state index is -0.765. The fourth-order valence-corrected chi connectivity index (χ4v) is 2.74. The number of nitro groups is 2. The number of benzene rings is 2. The molecule has 1 aromatic heterocycles. The van der Waals surface area contributed by atoms with Gasteiger partial charge in [0.1, 0.15) is 5.69 Å². The molecule has 0 amide bonds. The fourth-order valence-electron chi connectivity index (χ4n) is 2.55. The molecule has 11 nitrogen and oxygen atoms in total. The number of halogens is 1. The van der Waals surface area contributed by atoms with Crippen LogP contribution in [0.1, 0.15) is 11.3 Å². The van der Waals surface area contributed by atoms with E-state index in [2.05, 4.69) is 15.6 Å². The van der Waals surface area contributed by atoms with Gasteiger partial charge in [-0.2, -0.15) is 5.10 Å². The van der Waals surface area contributed by atoms with Crippen LogP contribution in [0.2, 0.25) is 5.02 Å². The minimum absolute atomic E-state index is 0.0554. The first-order chi connectivity index (χ1) is 13.8. The number of aromatic nitrogens is 2. The normalized spacial score (nSPS) is 11.0. The monoisotopic (exact) mass is 416 g/mol. The molecule has 12 heteroatoms. The lowest BCUT2D eigenvalue weighted by Gasteiger charge is -2.01. The van der Waals surface area contributed by atoms with Crippen LogP contribution in [0.3, 0.4) is 0 Å². The van der Waals surface area contributed by atoms with Crippen LogP contribution in [-0.4, -0.2) is 25.8 Å². The first-order valence-corrected chi connectivity index (χ1v) is 8.45. The summed E-state index contributed by atoms with van der Waals surface area (Å²) >= 11 is 5.95. The van der Waals surface area contributed by atoms with Gasteiger partial charge in [-0.25, -0.2) is 4.68 Å². The Labute approximate surface area is 167 Å². The predicted molar refractivity (Wildman–Crippen MR) is 107 cm³/mol. The van der Waals surface area contributed by atoms with E-state index in [1.807, 2.05) is 0 Å². The Balaban J connectivity index is 1.89. The Morgan fingerprint density at radius 1 is 1.17 bits per heavy atom. The second-order valence-electron chi connectivity index (χ2n) is 5.86. The maximum atomic E-state index is 12.6. The Bertz CT molecular complexity index is 1200. The molecular formula is C17H13ClN6O5. The summed E-state index contributed by atoms with van der Waals surface area (Å²) in [6.45, 7) is 1.66. The van der Waals surface area contributed by atoms with E-state index in [9.17, 15) is 25.0 Å². The van der Waals surface area contributed by atoms with Crippen molar-refractivity contribution in [2.24, 2.45) is 5.10 Å². The number of hydrogen-bond donors (Lipinski definition) is 2. The van der Waals surface area contributed by atoms with E-state index in [4.69, 9.17) is 11.6 Å². The van der Waals surface area contributed by atoms with Crippen molar-refractivity contribution in [1.29, 1.82) is 0 Å². The number of nitro benzene ring substituents is 2. The molecule has 0 aliphatic carbocycles. The second-order valence-corrected chi connectivity index (χ2v) is 6.29. The zero-order valence-electron chi connectivity index (χ0n) is 14.8. The third-order valence-corrected chi connectivity index (χ3v) is 4.19. The molecule has 0 bridgehead atoms. The molecule has 0 atom stereocenters. The SMILES string of the molecule is Cc1[nH]n(-c2cccc(Cl)c2)c(=O)c1/C=N\Nc1ccc([N+](=O)[O-])cc1[N+](=O)[O-]. The summed E-state index contributed by atoms with van der Waals surface area (Å²) in [4.78, 5) is 33.1. The molecule has 3 aromatic rings. The predicted octanol–water partition coefficient (Wildman–Crippen LogP) is 3.39. The van der Waals surface area contributed by atoms with Crippen LogP contribution in [0, 0.1) is 27.2 Å². The van der Waals surface area contributed by atoms with Crippen molar-refractivity contribution in [3.63, 3.8) is 0 Å². The lowest BCUT2D eigenvalue weighted by atomic mass is 10.2. The highest BCUT2D eigenvalue weighted by Gasteiger charge is 2.19. The van der Waals surface area contributed by atoms with Crippen LogP contribution in [0.15, 0.2) is 52.4 Å². The van der Waals surface area contributed by atoms with Gasteiger partial charge in [-0.05, 0) is 31.2 Å². The van der Waals surface area contributed by atoms with Gasteiger partial charge in [-0.1, -0.05) is 17.7 Å². The van der Waals surface area contributed by atoms with Crippen molar-refractivity contribution < 1.29 is 9.85 Å². The highest BCUT2D eigenvalue weighted by Crippen LogP contribution is 2.28. The molecule has 1 heterocycles. The Hall–Kier alpha value is -3.99. The number of H-pyrrole nitrogens is 1. The van der Waals surface area contributed by atoms with Gasteiger partial charge in [-0.15, -0.1) is 0 Å². The summed E-state index contributed by atoms with van der Waals surface area (Å²) < 4.78 is 1.29. The van der Waals surface area contributed by atoms with Crippen LogP contribution in [0.25, 0.3) is 5.69 Å². The highest BCUT2D eigenvalue weighted by atomic mass is 35.5. The summed E-state index contributed by atoms with van der Waals surface area (Å²) in [5, 5.41) is 29.2. The van der Waals surface area contributed by atoms with Crippen LogP contribution >= 0.6 is 11.6 Å². The summed E-state index contributed by atoms with van der Waals surface area (Å²) in [6, 6.07) is 9.78. The molecule has 0 fully saturated rings. The average molecular weight is 417 g/mol. The van der Waals surface area contributed by atoms with E-state index >= 15 is 0 Å². The largest absolute Gasteiger partial charge is 0.301 e. The second kappa shape index (κ2) is 7.94. The minimum Gasteiger partial charge on any atom is -0.295 e. The lowest BCUT2D eigenvalue weighted by Crippen LogP contribution is -2.17. The molecule has 0 aliphatic rings. The number of rotatable bonds is 6. The Morgan fingerprint density at radius 3 is 2.59 bits per heavy atom. The Morgan fingerprint density at radius 2 is 1.93 bits per heavy atom. The standard InChI is InChI=1S/C17H13ClN6O5/c1-10-14(17(25)22(21-10)12-4-2-3-11(18)7-12)9-19-20-15-6-5-13(23(26)27)8-16(15)24(28)29/h2-9,20-21H,1H3/b19-9-. The van der Waals surface area contributed by atoms with Crippen molar-refractivity contribution in [1.82, 2.24) is 9.78 Å². The smallest absolute Gasteiger partial charge is 0.295 e. The van der Waals surface area contributed by atoms with Crippen LogP contribution < -0.4 is 11.0 Å². The van der Waals surface area contributed by atoms with Crippen LogP contribution in [0.5, 0.6) is 0 Å². The lowest BCUT2D eigenvalue weighted by molar-refractivity contribution is -0.393. The number of hydrogen-bond acceptors (Lipinski definition) is 7. The van der Waals surface area contributed by atoms with Gasteiger partial charge in [0.05, 0.1) is 33.4 Å². The van der Waals surface area contributed by atoms with E-state index in [0.29, 0.717) is 16.4 Å². The average Bonchev–Trinajstić information content (AvgIpc) is 2.96. The number of hydrazone groups is 1. The zero-order valence-corrected chi connectivity index (χ0v) is 15.6. The number of nitrogens with one attached hydrogen (secondary N) is 2. The van der Waals surface area contributed by atoms with Gasteiger partial charge in [-0.3, -0.25) is 35.5 Å². The summed E-state index contributed by atoms with van der Waals surface area (Å²) in [5.41, 5.74) is 2.33. The third-order valence-electron chi connectivity index (χ3n) is 3.95. The van der Waals surface area contributed by atoms with Gasteiger partial charge in [0.25, 0.3) is 11.2 Å². The number of aromatic amines is 1. The van der Waals surface area contributed by atoms with Crippen LogP contribution in [0.4, 0.5) is 17.1 Å². The van der Waals surface area contributed by atoms with Crippen molar-refractivity contribution in [2.45, 2.75) is 6.92 Å². The van der Waals surface area contributed by atoms with Gasteiger partial charge in [0, 0.05) is 16.8 Å². The number of nitrogens with zero attached hydrogens (tertiary/aromatic N) is 4. The van der Waals surface area contributed by atoms with Gasteiger partial charge in [0.2, 0.25) is 0 Å². The van der Waals surface area contributed by atoms with Gasteiger partial charge in [0.15, 0.2) is 0 Å². The molecule has 0 aliphatic heterocycles. The first-order valence-electron chi connectivity index (χ1n) is 8.07. The molecule has 0 saturated carbocycles. The Kier molecular flexibility index (Phi) is 5.41. The van der Waals surface area contributed by atoms with E-state index in [-0.39, 0.29) is 11.3 Å². The zero-order chi connectivity index (χ0) is 21.1. The third kappa shape index (κ3) is 4.14. The van der Waals surface area contributed by atoms with Crippen molar-refractivity contribution in [2.75, 3.05) is 5.43 Å². The van der Waals surface area contributed by atoms with Crippen molar-refractivity contribution in [3.05, 3.63) is 89.3 Å². The van der Waals surface area contributed by atoms with Gasteiger partial charge >= 0.3 is 5.69 Å². The van der Waals surface area contributed by atoms with E-state index in [1.165, 1.54) is 17.0 Å². The topological polar surface area (TPSA) is 148 Å². The van der Waals surface area contributed by atoms with E-state index < -0.39 is 26.8 Å². The molecule has 0 unspecified atom stereocenters. The molecule has 2 aromatic carbocycles. The fraction of sp³-hybridized carbons (Fsp3) is 0.0588. The summed E-state index contributed by atoms with van der Waals surface area (Å²) in [7, 11) is 0. The summed E-state index contributed by atoms with van der Waals surface area (Å²) in [5.74, 6) is 0. The molecule has 0 radical (unpaired) electrons. The molecule has 3 rings (SSSR count). The molecule has 0 saturated heterocycles. The maximum absolute atomic E-state index is 12.6. The molecule has 148 valence electrons. The molecule has 0 spiro atoms. The molecular weight excluding hydrogens is 404 g/mol. The quantitative estimate of drug-likeness (QED) is 0.357. The van der Waals surface area contributed by atoms with Crippen LogP contribution in [-0.2, 0) is 0 Å². The van der Waals surface area contributed by atoms with E-state index in [1.54, 1.807) is 31.2 Å². The molecule has 2 N–H and O–H groups in total. The number of aryl methyl sites for hydroxylation is 1. The van der Waals surface area contributed by atoms with Crippen molar-refractivity contribution >= 4 is 34.9 Å².